The van der Waals surface area contributed by atoms with E-state index in [4.69, 9.17) is 38.3 Å². The number of nitrogens with zero attached hydrogens (tertiary/aromatic N) is 16. The lowest BCUT2D eigenvalue weighted by molar-refractivity contribution is -0.383. The molecule has 0 spiro atoms. The van der Waals surface area contributed by atoms with Crippen LogP contribution in [0.5, 0.6) is 11.8 Å². The minimum absolute atomic E-state index is 0.0447. The van der Waals surface area contributed by atoms with Crippen LogP contribution < -0.4 is 48.8 Å². The van der Waals surface area contributed by atoms with Gasteiger partial charge in [0.25, 0.3) is 70.0 Å². The SMILES string of the molecule is CN.CN1CCC(N2C(=O)c3cc(N)c([N+](=O)[O-])cc3C2=O)CC1.CN1CCC(N2C(=O)c3cc4c(cc3C2=O)N=C(c2c(Cl)cc[nH]c2=O)C4)CC1.CN1CCC(N2Cc3cc(N)c(N)cc3C2=O)CC1.CNc1cc[nH]c(=O)c1C1=Nc2cc3c(cc2C1)C(=O)N(C1CCN(C)CC1)C3=O.COc1nccc(I)c1-c1nc2cc3c(cc2[nH]1)C(=O)N(C1CCN(C)CC1)C3=O.COc1nccc(I)c1C=O. The molecule has 10 aromatic rings. The molecule has 12 N–H and O–H groups in total. The van der Waals surface area contributed by atoms with Gasteiger partial charge in [-0.2, -0.15) is 0 Å². The predicted molar refractivity (Wildman–Crippen MR) is 556 cm³/mol. The first-order valence-corrected chi connectivity index (χ1v) is 49.4. The fourth-order valence-corrected chi connectivity index (χ4v) is 21.5. The largest absolute Gasteiger partial charge is 0.480 e. The molecule has 22 rings (SSSR count). The maximum atomic E-state index is 13.1. The van der Waals surface area contributed by atoms with Crippen molar-refractivity contribution in [2.45, 2.75) is 114 Å². The van der Waals surface area contributed by atoms with Crippen LogP contribution in [0.1, 0.15) is 196 Å². The van der Waals surface area contributed by atoms with E-state index < -0.39 is 16.7 Å². The summed E-state index contributed by atoms with van der Waals surface area (Å²) in [5, 5.41) is 14.3. The lowest BCUT2D eigenvalue weighted by Gasteiger charge is -2.34. The number of fused-ring (bicyclic) bond motifs is 8. The molecular weight excluding hydrogens is 2080 g/mol. The van der Waals surface area contributed by atoms with Crippen LogP contribution in [0.15, 0.2) is 129 Å². The number of aldehydes is 1. The zero-order valence-corrected chi connectivity index (χ0v) is 85.3. The molecule has 9 amide bonds. The molecule has 746 valence electrons. The molecule has 40 nitrogen and oxygen atoms in total. The standard InChI is InChI=1S/C22H23N5O3.C21H19ClN4O3.C21H20IN5O3.C14H16N4O4.C14H20N4O.C7H6INO2.CH5N/c1-23-16-3-6-24-20(28)19(16)18-10-12-9-14-15(11-17(12)25-18)22(30)27(21(14)29)13-4-7-26(2)8-5-13;1-25-6-3-12(4-7-25)26-20(28)13-8-11-9-17(18-15(22)2-5-23-19(18)27)24-16(11)10-14(13)21(26)29;1-26-7-4-11(5-8-26)27-20(28)12-9-15-16(10-13(12)21(27)29)25-18(24-15)17-14(22)3-6-23-19(17)30-2;1-16-4-2-8(3-5-16)17-13(19)9-6-11(15)12(18(21)22)7-10(9)14(17)20;1-17-4-2-10(3-5-17)18-8-9-6-12(15)13(16)7-11(9)14(18)19;1-11-7-5(4-10)6(8)2-3-9-7;1-2/h3,6,9,11,13H,4-5,7-8,10H2,1-2H3,(H2,23,24,28);2,5,8,10,12H,3-4,6-7,9H2,1H3,(H,23,27);3,6,9-11H,4-5,7-8H2,1-2H3,(H,24,25);6-8H,2-5,15H2,1H3;6-7,10H,2-5,8,15-16H2,1H3;2-4H,1H3;2H2,1H3. The van der Waals surface area contributed by atoms with E-state index in [0.29, 0.717) is 162 Å². The van der Waals surface area contributed by atoms with Gasteiger partial charge in [0, 0.05) is 100 Å². The Hall–Kier alpha value is -13.5. The van der Waals surface area contributed by atoms with Crippen molar-refractivity contribution in [3.05, 3.63) is 236 Å². The van der Waals surface area contributed by atoms with E-state index in [1.54, 1.807) is 93.4 Å². The number of hydrogen-bond donors (Lipinski definition) is 8. The van der Waals surface area contributed by atoms with Crippen LogP contribution in [0.2, 0.25) is 5.02 Å². The number of nitrogens with two attached hydrogens (primary N) is 4. The van der Waals surface area contributed by atoms with Crippen LogP contribution in [0, 0.1) is 17.3 Å². The second-order valence-corrected chi connectivity index (χ2v) is 39.5. The highest BCUT2D eigenvalue weighted by Gasteiger charge is 2.48. The molecule has 5 fully saturated rings. The van der Waals surface area contributed by atoms with Crippen molar-refractivity contribution in [2.75, 3.05) is 152 Å². The number of amides is 9. The molecular formula is C100H109ClI2N24O16. The molecule has 143 heavy (non-hydrogen) atoms. The van der Waals surface area contributed by atoms with Crippen LogP contribution in [0.3, 0.4) is 0 Å². The zero-order valence-electron chi connectivity index (χ0n) is 80.3. The number of carbonyl (C=O) groups is 10. The summed E-state index contributed by atoms with van der Waals surface area (Å²) in [6, 6.07) is 23.4. The monoisotopic (exact) mass is 2190 g/mol. The second-order valence-electron chi connectivity index (χ2n) is 36.8. The minimum atomic E-state index is -0.647. The Labute approximate surface area is 854 Å². The molecule has 43 heteroatoms. The number of pyridine rings is 4. The molecule has 0 aliphatic carbocycles. The summed E-state index contributed by atoms with van der Waals surface area (Å²) in [5.74, 6) is -0.673. The molecule has 5 saturated heterocycles. The quantitative estimate of drug-likeness (QED) is 0.0133. The fraction of sp³-hybridized carbons (Fsp3) is 0.370. The predicted octanol–water partition coefficient (Wildman–Crippen LogP) is 9.96. The van der Waals surface area contributed by atoms with Crippen molar-refractivity contribution in [1.82, 2.24) is 78.9 Å². The molecule has 0 bridgehead atoms. The van der Waals surface area contributed by atoms with Gasteiger partial charge in [0.15, 0.2) is 6.29 Å². The van der Waals surface area contributed by atoms with Crippen molar-refractivity contribution >= 4 is 179 Å². The summed E-state index contributed by atoms with van der Waals surface area (Å²) in [4.78, 5) is 210. The third-order valence-corrected chi connectivity index (χ3v) is 30.1. The van der Waals surface area contributed by atoms with E-state index >= 15 is 0 Å². The number of hydrogen-bond acceptors (Lipinski definition) is 31. The number of anilines is 4. The van der Waals surface area contributed by atoms with Crippen LogP contribution in [0.25, 0.3) is 22.4 Å². The van der Waals surface area contributed by atoms with Crippen molar-refractivity contribution < 1.29 is 62.3 Å². The van der Waals surface area contributed by atoms with Crippen LogP contribution >= 0.6 is 56.8 Å². The second kappa shape index (κ2) is 43.4. The number of imidazole rings is 1. The molecule has 0 atom stereocenters. The number of nitrogen functional groups attached to an aromatic ring is 3. The number of carbonyl (C=O) groups excluding carboxylic acids is 10. The number of rotatable bonds is 13. The Morgan fingerprint density at radius 3 is 1.28 bits per heavy atom. The number of aliphatic imine (C=N–C) groups is 2. The number of ether oxygens (including phenoxy) is 2. The van der Waals surface area contributed by atoms with Crippen molar-refractivity contribution in [2.24, 2.45) is 15.7 Å². The Morgan fingerprint density at radius 2 is 0.846 bits per heavy atom. The number of nitro benzene ring substituents is 1. The Morgan fingerprint density at radius 1 is 0.462 bits per heavy atom. The number of H-pyrrole nitrogens is 3. The van der Waals surface area contributed by atoms with E-state index in [1.807, 2.05) is 31.1 Å². The third kappa shape index (κ3) is 20.5. The number of halogens is 3. The van der Waals surface area contributed by atoms with Gasteiger partial charge in [0.1, 0.15) is 11.5 Å². The van der Waals surface area contributed by atoms with E-state index in [9.17, 15) is 67.6 Å². The molecule has 12 aliphatic heterocycles. The number of aromatic amines is 3. The summed E-state index contributed by atoms with van der Waals surface area (Å²) in [7, 11) is 16.6. The van der Waals surface area contributed by atoms with Gasteiger partial charge >= 0.3 is 0 Å². The van der Waals surface area contributed by atoms with E-state index in [1.165, 1.54) is 46.0 Å². The number of likely N-dealkylation sites (tertiary alicyclic amines) is 5. The average molecular weight is 2190 g/mol. The summed E-state index contributed by atoms with van der Waals surface area (Å²) in [6.07, 6.45) is 16.2. The maximum absolute atomic E-state index is 13.1. The van der Waals surface area contributed by atoms with E-state index in [0.717, 1.165) is 164 Å². The number of nitro groups is 1. The molecule has 5 aromatic carbocycles. The smallest absolute Gasteiger partial charge is 0.292 e. The minimum Gasteiger partial charge on any atom is -0.480 e. The molecule has 0 saturated carbocycles. The first kappa shape index (κ1) is 102. The van der Waals surface area contributed by atoms with E-state index in [2.05, 4.69) is 142 Å². The van der Waals surface area contributed by atoms with Crippen molar-refractivity contribution in [1.29, 1.82) is 0 Å². The maximum Gasteiger partial charge on any atom is 0.292 e. The van der Waals surface area contributed by atoms with E-state index in [-0.39, 0.29) is 99.1 Å². The Kier molecular flexibility index (Phi) is 31.1. The van der Waals surface area contributed by atoms with Crippen LogP contribution in [-0.2, 0) is 19.4 Å². The molecule has 0 radical (unpaired) electrons. The Bertz CT molecular complexity index is 6950. The van der Waals surface area contributed by atoms with Gasteiger partial charge in [-0.25, -0.2) is 15.0 Å². The summed E-state index contributed by atoms with van der Waals surface area (Å²) < 4.78 is 12.0. The average Bonchev–Trinajstić information content (AvgIpc) is 1.61. The number of aromatic nitrogens is 6. The first-order chi connectivity index (χ1) is 68.6. The van der Waals surface area contributed by atoms with Gasteiger partial charge in [-0.1, -0.05) is 11.6 Å². The van der Waals surface area contributed by atoms with Gasteiger partial charge in [-0.15, -0.1) is 0 Å². The van der Waals surface area contributed by atoms with Gasteiger partial charge < -0.3 is 82.1 Å². The normalized spacial score (nSPS) is 18.2. The number of nitrogens with one attached hydrogen (secondary N) is 4. The number of benzene rings is 5. The third-order valence-electron chi connectivity index (χ3n) is 27.9. The highest BCUT2D eigenvalue weighted by Crippen LogP contribution is 2.43. The molecule has 12 aliphatic rings. The lowest BCUT2D eigenvalue weighted by atomic mass is 10.00. The molecule has 17 heterocycles. The fourth-order valence-electron chi connectivity index (χ4n) is 20.1. The number of piperidine rings is 5. The van der Waals surface area contributed by atoms with Crippen LogP contribution in [0.4, 0.5) is 39.8 Å². The van der Waals surface area contributed by atoms with Crippen molar-refractivity contribution in [3.8, 4) is 23.1 Å². The summed E-state index contributed by atoms with van der Waals surface area (Å²) >= 11 is 10.5. The Balaban J connectivity index is 0.000000125. The van der Waals surface area contributed by atoms with Gasteiger partial charge in [0.05, 0.1) is 142 Å². The zero-order chi connectivity index (χ0) is 102. The highest BCUT2D eigenvalue weighted by atomic mass is 127. The molecule has 0 unspecified atom stereocenters. The molecule has 5 aromatic heterocycles. The lowest BCUT2D eigenvalue weighted by Crippen LogP contribution is -2.46. The van der Waals surface area contributed by atoms with Gasteiger partial charge in [-0.3, -0.25) is 97.2 Å². The first-order valence-electron chi connectivity index (χ1n) is 46.9. The summed E-state index contributed by atoms with van der Waals surface area (Å²) in [6.45, 7) is 9.65. The highest BCUT2D eigenvalue weighted by molar-refractivity contribution is 14.1. The number of imide groups is 4. The van der Waals surface area contributed by atoms with Crippen molar-refractivity contribution in [3.63, 3.8) is 0 Å². The topological polar surface area (TPSA) is 526 Å². The number of methoxy groups -OCH3 is 2. The van der Waals surface area contributed by atoms with Crippen LogP contribution in [-0.4, -0.2) is 314 Å². The summed E-state index contributed by atoms with van der Waals surface area (Å²) in [5.41, 5.74) is 34.6. The van der Waals surface area contributed by atoms with Gasteiger partial charge in [0.2, 0.25) is 11.8 Å². The van der Waals surface area contributed by atoms with Gasteiger partial charge in [-0.05, 0) is 313 Å².